The van der Waals surface area contributed by atoms with Crippen LogP contribution in [0, 0.1) is 35.5 Å². The Labute approximate surface area is 255 Å². The van der Waals surface area contributed by atoms with Gasteiger partial charge in [0.1, 0.15) is 17.4 Å². The molecule has 1 saturated carbocycles. The second-order valence-corrected chi connectivity index (χ2v) is 12.7. The van der Waals surface area contributed by atoms with Crippen LogP contribution in [0.25, 0.3) is 21.5 Å². The van der Waals surface area contributed by atoms with Gasteiger partial charge in [-0.2, -0.15) is 5.26 Å². The zero-order valence-electron chi connectivity index (χ0n) is 25.4. The minimum absolute atomic E-state index is 0.0206. The van der Waals surface area contributed by atoms with Gasteiger partial charge in [-0.25, -0.2) is 9.37 Å². The number of hydrogen-bond donors (Lipinski definition) is 1. The van der Waals surface area contributed by atoms with Crippen molar-refractivity contribution in [1.29, 1.82) is 5.26 Å². The molecule has 0 spiro atoms. The number of amides is 3. The number of carbonyl (C=O) groups excluding carboxylic acids is 3. The summed E-state index contributed by atoms with van der Waals surface area (Å²) in [6, 6.07) is 7.21. The molecule has 0 bridgehead atoms. The first-order chi connectivity index (χ1) is 20.4. The number of fused-ring (bicyclic) bond motifs is 2. The molecule has 43 heavy (non-hydrogen) atoms. The smallest absolute Gasteiger partial charge is 0.256 e. The van der Waals surface area contributed by atoms with Gasteiger partial charge in [0.15, 0.2) is 0 Å². The molecular weight excluding hydrogens is 567 g/mol. The minimum atomic E-state index is -1.38. The van der Waals surface area contributed by atoms with Crippen LogP contribution in [0.4, 0.5) is 4.39 Å². The Bertz CT molecular complexity index is 1630. The van der Waals surface area contributed by atoms with Gasteiger partial charge in [0.25, 0.3) is 5.91 Å². The van der Waals surface area contributed by atoms with E-state index >= 15 is 0 Å². The molecule has 11 heteroatoms. The average Bonchev–Trinajstić information content (AvgIpc) is 3.20. The van der Waals surface area contributed by atoms with E-state index in [1.165, 1.54) is 28.2 Å². The van der Waals surface area contributed by atoms with Gasteiger partial charge >= 0.3 is 0 Å². The molecule has 9 nitrogen and oxygen atoms in total. The first kappa shape index (κ1) is 31.9. The highest BCUT2D eigenvalue weighted by molar-refractivity contribution is 7.19. The Morgan fingerprint density at radius 2 is 1.86 bits per heavy atom. The monoisotopic (exact) mass is 604 g/mol. The summed E-state index contributed by atoms with van der Waals surface area (Å²) < 4.78 is 15.3. The van der Waals surface area contributed by atoms with Gasteiger partial charge in [-0.05, 0) is 56.5 Å². The topological polar surface area (TPSA) is 133 Å². The molecule has 226 valence electrons. The number of imide groups is 1. The Kier molecular flexibility index (Phi) is 8.86. The fraction of sp³-hybridized carbons (Fsp3) is 0.438. The first-order valence-electron chi connectivity index (χ1n) is 14.2. The summed E-state index contributed by atoms with van der Waals surface area (Å²) in [5.74, 6) is -1.08. The second-order valence-electron chi connectivity index (χ2n) is 11.6. The Morgan fingerprint density at radius 1 is 1.26 bits per heavy atom. The number of nitriles is 1. The van der Waals surface area contributed by atoms with E-state index in [0.29, 0.717) is 34.3 Å². The first-order valence-corrected chi connectivity index (χ1v) is 15.0. The molecular formula is C32H37FN6O3S. The van der Waals surface area contributed by atoms with Crippen LogP contribution in [0.2, 0.25) is 0 Å². The summed E-state index contributed by atoms with van der Waals surface area (Å²) in [5, 5.41) is 9.58. The summed E-state index contributed by atoms with van der Waals surface area (Å²) >= 11 is 1.38. The predicted molar refractivity (Wildman–Crippen MR) is 165 cm³/mol. The normalized spacial score (nSPS) is 20.6. The molecule has 3 aromatic rings. The molecule has 2 atom stereocenters. The van der Waals surface area contributed by atoms with Crippen LogP contribution >= 0.6 is 11.3 Å². The Hall–Kier alpha value is -4.01. The number of aryl methyl sites for hydroxylation is 1. The van der Waals surface area contributed by atoms with Gasteiger partial charge in [-0.3, -0.25) is 24.3 Å². The van der Waals surface area contributed by atoms with Gasteiger partial charge in [0.05, 0.1) is 52.9 Å². The van der Waals surface area contributed by atoms with Crippen LogP contribution < -0.4 is 5.73 Å². The summed E-state index contributed by atoms with van der Waals surface area (Å²) in [5.41, 5.74) is 5.55. The van der Waals surface area contributed by atoms with Crippen molar-refractivity contribution in [1.82, 2.24) is 19.8 Å². The summed E-state index contributed by atoms with van der Waals surface area (Å²) in [6.45, 7) is 12.9. The van der Waals surface area contributed by atoms with E-state index in [1.807, 2.05) is 26.8 Å². The number of thiophene rings is 1. The van der Waals surface area contributed by atoms with Crippen LogP contribution in [0.5, 0.6) is 0 Å². The number of hydrogen-bond acceptors (Lipinski definition) is 8. The lowest BCUT2D eigenvalue weighted by Crippen LogP contribution is -2.60. The molecule has 0 radical (unpaired) electrons. The number of aromatic nitrogens is 2. The third-order valence-corrected chi connectivity index (χ3v) is 9.48. The number of alkyl halides is 1. The summed E-state index contributed by atoms with van der Waals surface area (Å²) in [6.07, 6.45) is 3.69. The maximum absolute atomic E-state index is 14.6. The van der Waals surface area contributed by atoms with Gasteiger partial charge < -0.3 is 10.6 Å². The fourth-order valence-corrected chi connectivity index (χ4v) is 7.04. The van der Waals surface area contributed by atoms with E-state index in [4.69, 9.17) is 0 Å². The molecule has 3 fully saturated rings. The predicted octanol–water partition coefficient (Wildman–Crippen LogP) is 5.02. The van der Waals surface area contributed by atoms with E-state index in [2.05, 4.69) is 28.3 Å². The van der Waals surface area contributed by atoms with Gasteiger partial charge in [-0.15, -0.1) is 17.9 Å². The molecule has 3 amide bonds. The lowest BCUT2D eigenvalue weighted by molar-refractivity contribution is -0.143. The molecule has 3 aromatic heterocycles. The number of pyridine rings is 2. The molecule has 2 N–H and O–H groups in total. The number of piperidine rings is 1. The van der Waals surface area contributed by atoms with Gasteiger partial charge in [0, 0.05) is 16.6 Å². The average molecular weight is 605 g/mol. The van der Waals surface area contributed by atoms with E-state index in [1.54, 1.807) is 38.3 Å². The standard InChI is InChI=1S/C28H26FN5O3S.C3H6.CH5N/c1-5-28(29)12-33(13-28)24(35)19-14(2)8-15(10-30)32-22(19)17-6-7-31-18-9-16(38-23(17)18)11-34-25(36)20-21(26(34)37)27(20,3)4;1-3-2;1-2/h6-9,20-21H,5,11-13H2,1-4H3;3H,1H2,2H3;2H2,1H3. The van der Waals surface area contributed by atoms with Crippen LogP contribution in [0.15, 0.2) is 37.1 Å². The number of halogens is 1. The number of rotatable bonds is 5. The molecule has 1 aliphatic carbocycles. The lowest BCUT2D eigenvalue weighted by Gasteiger charge is -2.44. The molecule has 5 heterocycles. The summed E-state index contributed by atoms with van der Waals surface area (Å²) in [7, 11) is 1.50. The van der Waals surface area contributed by atoms with Gasteiger partial charge in [0.2, 0.25) is 11.8 Å². The highest BCUT2D eigenvalue weighted by Gasteiger charge is 2.72. The van der Waals surface area contributed by atoms with Crippen molar-refractivity contribution in [3.63, 3.8) is 0 Å². The van der Waals surface area contributed by atoms with Crippen molar-refractivity contribution in [3.05, 3.63) is 58.7 Å². The highest BCUT2D eigenvalue weighted by Crippen LogP contribution is 2.63. The van der Waals surface area contributed by atoms with E-state index in [9.17, 15) is 24.0 Å². The van der Waals surface area contributed by atoms with Crippen molar-refractivity contribution in [3.8, 4) is 17.3 Å². The number of nitrogens with two attached hydrogens (primary N) is 1. The SMILES string of the molecule is C=CC.CCC1(F)CN(C(=O)c2c(C)cc(C#N)nc2-c2ccnc3cc(CN4C(=O)C5C(C4=O)C5(C)C)sc23)C1.CN. The van der Waals surface area contributed by atoms with E-state index in [0.717, 1.165) is 9.58 Å². The number of likely N-dealkylation sites (tertiary alicyclic amines) is 2. The molecule has 2 aliphatic heterocycles. The van der Waals surface area contributed by atoms with Crippen molar-refractivity contribution in [2.24, 2.45) is 23.0 Å². The van der Waals surface area contributed by atoms with Crippen molar-refractivity contribution in [2.75, 3.05) is 20.1 Å². The summed E-state index contributed by atoms with van der Waals surface area (Å²) in [4.78, 5) is 51.8. The maximum Gasteiger partial charge on any atom is 0.256 e. The molecule has 0 aromatic carbocycles. The second kappa shape index (κ2) is 11.9. The van der Waals surface area contributed by atoms with Crippen LogP contribution in [0.1, 0.15) is 60.6 Å². The minimum Gasteiger partial charge on any atom is -0.333 e. The van der Waals surface area contributed by atoms with Crippen molar-refractivity contribution in [2.45, 2.75) is 53.3 Å². The van der Waals surface area contributed by atoms with Crippen LogP contribution in [-0.2, 0) is 16.1 Å². The van der Waals surface area contributed by atoms with Crippen LogP contribution in [0.3, 0.4) is 0 Å². The van der Waals surface area contributed by atoms with Crippen molar-refractivity contribution < 1.29 is 18.8 Å². The van der Waals surface area contributed by atoms with E-state index < -0.39 is 5.67 Å². The number of nitrogens with zero attached hydrogens (tertiary/aromatic N) is 5. The number of carbonyl (C=O) groups is 3. The lowest BCUT2D eigenvalue weighted by atomic mass is 9.91. The van der Waals surface area contributed by atoms with Crippen molar-refractivity contribution >= 4 is 39.3 Å². The zero-order chi connectivity index (χ0) is 31.9. The fourth-order valence-electron chi connectivity index (χ4n) is 5.93. The third-order valence-electron chi connectivity index (χ3n) is 8.34. The largest absolute Gasteiger partial charge is 0.333 e. The molecule has 3 aliphatic rings. The third kappa shape index (κ3) is 5.45. The molecule has 2 unspecified atom stereocenters. The van der Waals surface area contributed by atoms with Crippen LogP contribution in [-0.4, -0.2) is 63.3 Å². The highest BCUT2D eigenvalue weighted by atomic mass is 32.1. The molecule has 6 rings (SSSR count). The Morgan fingerprint density at radius 3 is 2.42 bits per heavy atom. The number of allylic oxidation sites excluding steroid dienone is 1. The maximum atomic E-state index is 14.6. The Balaban J connectivity index is 0.000000798. The van der Waals surface area contributed by atoms with Gasteiger partial charge in [-0.1, -0.05) is 26.8 Å². The quantitative estimate of drug-likeness (QED) is 0.319. The molecule has 2 saturated heterocycles. The van der Waals surface area contributed by atoms with E-state index in [-0.39, 0.29) is 60.3 Å². The zero-order valence-corrected chi connectivity index (χ0v) is 26.2.